The summed E-state index contributed by atoms with van der Waals surface area (Å²) in [4.78, 5) is 14.7. The highest BCUT2D eigenvalue weighted by Gasteiger charge is 2.42. The van der Waals surface area contributed by atoms with Crippen molar-refractivity contribution in [2.75, 3.05) is 6.54 Å². The summed E-state index contributed by atoms with van der Waals surface area (Å²) in [7, 11) is 0. The molecule has 88 valence electrons. The summed E-state index contributed by atoms with van der Waals surface area (Å²) >= 11 is 1.76. The van der Waals surface area contributed by atoms with Crippen molar-refractivity contribution in [3.05, 3.63) is 21.9 Å². The van der Waals surface area contributed by atoms with Crippen LogP contribution in [0.1, 0.15) is 35.9 Å². The van der Waals surface area contributed by atoms with Crippen LogP contribution in [-0.2, 0) is 17.6 Å². The van der Waals surface area contributed by atoms with Gasteiger partial charge in [0, 0.05) is 28.1 Å². The number of Topliss-reactive ketones (excluding diaryl/α,β-unsaturated/α-hetero) is 1. The Labute approximate surface area is 101 Å². The van der Waals surface area contributed by atoms with Crippen LogP contribution in [-0.4, -0.2) is 12.3 Å². The van der Waals surface area contributed by atoms with Gasteiger partial charge in [0.15, 0.2) is 0 Å². The molecule has 1 aliphatic carbocycles. The predicted octanol–water partition coefficient (Wildman–Crippen LogP) is 2.55. The van der Waals surface area contributed by atoms with Gasteiger partial charge in [0.25, 0.3) is 0 Å². The molecule has 0 unspecified atom stereocenters. The Morgan fingerprint density at radius 3 is 2.56 bits per heavy atom. The molecule has 1 saturated carbocycles. The molecule has 1 aliphatic rings. The SMILES string of the molecule is CCc1ccc(CC(=O)C2(CN)CCC2)s1. The van der Waals surface area contributed by atoms with Gasteiger partial charge >= 0.3 is 0 Å². The molecule has 2 nitrogen and oxygen atoms in total. The van der Waals surface area contributed by atoms with Crippen LogP contribution in [0.25, 0.3) is 0 Å². The minimum absolute atomic E-state index is 0.170. The summed E-state index contributed by atoms with van der Waals surface area (Å²) in [5.41, 5.74) is 5.57. The highest BCUT2D eigenvalue weighted by atomic mass is 32.1. The molecule has 1 aromatic heterocycles. The van der Waals surface area contributed by atoms with Crippen LogP contribution < -0.4 is 5.73 Å². The molecule has 0 spiro atoms. The Bertz CT molecular complexity index is 374. The lowest BCUT2D eigenvalue weighted by Gasteiger charge is -2.39. The Morgan fingerprint density at radius 1 is 1.44 bits per heavy atom. The van der Waals surface area contributed by atoms with Gasteiger partial charge in [0.2, 0.25) is 0 Å². The van der Waals surface area contributed by atoms with Gasteiger partial charge in [0.1, 0.15) is 5.78 Å². The fourth-order valence-corrected chi connectivity index (χ4v) is 3.21. The van der Waals surface area contributed by atoms with E-state index < -0.39 is 0 Å². The van der Waals surface area contributed by atoms with E-state index in [-0.39, 0.29) is 5.41 Å². The lowest BCUT2D eigenvalue weighted by atomic mass is 9.65. The van der Waals surface area contributed by atoms with Gasteiger partial charge in [-0.25, -0.2) is 0 Å². The van der Waals surface area contributed by atoms with Crippen molar-refractivity contribution in [1.29, 1.82) is 0 Å². The normalized spacial score (nSPS) is 18.1. The molecule has 3 heteroatoms. The highest BCUT2D eigenvalue weighted by Crippen LogP contribution is 2.41. The van der Waals surface area contributed by atoms with Gasteiger partial charge < -0.3 is 5.73 Å². The standard InChI is InChI=1S/C13H19NOS/c1-2-10-4-5-11(16-10)8-12(15)13(9-14)6-3-7-13/h4-5H,2-3,6-9,14H2,1H3. The van der Waals surface area contributed by atoms with Crippen molar-refractivity contribution in [2.45, 2.75) is 39.0 Å². The summed E-state index contributed by atoms with van der Waals surface area (Å²) < 4.78 is 0. The van der Waals surface area contributed by atoms with E-state index in [0.29, 0.717) is 18.7 Å². The van der Waals surface area contributed by atoms with E-state index in [4.69, 9.17) is 5.73 Å². The first-order valence-electron chi connectivity index (χ1n) is 6.01. The highest BCUT2D eigenvalue weighted by molar-refractivity contribution is 7.12. The van der Waals surface area contributed by atoms with E-state index in [2.05, 4.69) is 19.1 Å². The maximum atomic E-state index is 12.2. The summed E-state index contributed by atoms with van der Waals surface area (Å²) in [5, 5.41) is 0. The number of carbonyl (C=O) groups is 1. The molecule has 0 atom stereocenters. The third kappa shape index (κ3) is 2.06. The molecule has 0 aliphatic heterocycles. The third-order valence-corrected chi connectivity index (χ3v) is 4.92. The second-order valence-corrected chi connectivity index (χ2v) is 5.91. The van der Waals surface area contributed by atoms with E-state index in [1.165, 1.54) is 9.75 Å². The van der Waals surface area contributed by atoms with Crippen LogP contribution in [0.15, 0.2) is 12.1 Å². The second kappa shape index (κ2) is 4.68. The molecule has 0 bridgehead atoms. The zero-order chi connectivity index (χ0) is 11.6. The number of carbonyl (C=O) groups excluding carboxylic acids is 1. The molecule has 0 saturated heterocycles. The van der Waals surface area contributed by atoms with E-state index in [1.807, 2.05) is 0 Å². The van der Waals surface area contributed by atoms with Crippen LogP contribution in [0.4, 0.5) is 0 Å². The fourth-order valence-electron chi connectivity index (χ4n) is 2.25. The van der Waals surface area contributed by atoms with E-state index in [0.717, 1.165) is 25.7 Å². The Kier molecular flexibility index (Phi) is 3.45. The van der Waals surface area contributed by atoms with Gasteiger partial charge in [-0.15, -0.1) is 11.3 Å². The van der Waals surface area contributed by atoms with E-state index >= 15 is 0 Å². The number of hydrogen-bond donors (Lipinski definition) is 1. The van der Waals surface area contributed by atoms with Crippen molar-refractivity contribution < 1.29 is 4.79 Å². The van der Waals surface area contributed by atoms with Gasteiger partial charge in [-0.1, -0.05) is 13.3 Å². The third-order valence-electron chi connectivity index (χ3n) is 3.69. The molecule has 0 radical (unpaired) electrons. The van der Waals surface area contributed by atoms with E-state index in [9.17, 15) is 4.79 Å². The monoisotopic (exact) mass is 237 g/mol. The van der Waals surface area contributed by atoms with Crippen molar-refractivity contribution in [2.24, 2.45) is 11.1 Å². The molecule has 1 fully saturated rings. The lowest BCUT2D eigenvalue weighted by molar-refractivity contribution is -0.132. The molecule has 2 N–H and O–H groups in total. The first kappa shape index (κ1) is 11.8. The number of rotatable bonds is 5. The van der Waals surface area contributed by atoms with Gasteiger partial charge in [-0.3, -0.25) is 4.79 Å². The van der Waals surface area contributed by atoms with Crippen LogP contribution in [0, 0.1) is 5.41 Å². The first-order valence-corrected chi connectivity index (χ1v) is 6.83. The average Bonchev–Trinajstić information content (AvgIpc) is 2.64. The van der Waals surface area contributed by atoms with Gasteiger partial charge in [-0.05, 0) is 31.4 Å². The molecule has 1 aromatic rings. The van der Waals surface area contributed by atoms with Gasteiger partial charge in [-0.2, -0.15) is 0 Å². The number of nitrogens with two attached hydrogens (primary N) is 1. The molecular weight excluding hydrogens is 218 g/mol. The van der Waals surface area contributed by atoms with Crippen LogP contribution >= 0.6 is 11.3 Å². The number of hydrogen-bond acceptors (Lipinski definition) is 3. The van der Waals surface area contributed by atoms with E-state index in [1.54, 1.807) is 11.3 Å². The lowest BCUT2D eigenvalue weighted by Crippen LogP contribution is -2.45. The first-order chi connectivity index (χ1) is 7.70. The van der Waals surface area contributed by atoms with Crippen molar-refractivity contribution in [1.82, 2.24) is 0 Å². The topological polar surface area (TPSA) is 43.1 Å². The van der Waals surface area contributed by atoms with Crippen LogP contribution in [0.5, 0.6) is 0 Å². The number of ketones is 1. The second-order valence-electron chi connectivity index (χ2n) is 4.66. The zero-order valence-corrected chi connectivity index (χ0v) is 10.6. The van der Waals surface area contributed by atoms with Crippen molar-refractivity contribution >= 4 is 17.1 Å². The average molecular weight is 237 g/mol. The largest absolute Gasteiger partial charge is 0.329 e. The van der Waals surface area contributed by atoms with Crippen LogP contribution in [0.3, 0.4) is 0 Å². The maximum Gasteiger partial charge on any atom is 0.145 e. The molecule has 0 amide bonds. The Morgan fingerprint density at radius 2 is 2.12 bits per heavy atom. The summed E-state index contributed by atoms with van der Waals surface area (Å²) in [5.74, 6) is 0.353. The summed E-state index contributed by atoms with van der Waals surface area (Å²) in [6, 6.07) is 4.22. The number of thiophene rings is 1. The van der Waals surface area contributed by atoms with Crippen LogP contribution in [0.2, 0.25) is 0 Å². The predicted molar refractivity (Wildman–Crippen MR) is 67.7 cm³/mol. The molecule has 16 heavy (non-hydrogen) atoms. The number of aryl methyl sites for hydroxylation is 1. The summed E-state index contributed by atoms with van der Waals surface area (Å²) in [6.07, 6.45) is 4.79. The van der Waals surface area contributed by atoms with Crippen molar-refractivity contribution in [3.63, 3.8) is 0 Å². The molecule has 1 heterocycles. The van der Waals surface area contributed by atoms with Crippen molar-refractivity contribution in [3.8, 4) is 0 Å². The minimum atomic E-state index is -0.170. The fraction of sp³-hybridized carbons (Fsp3) is 0.615. The smallest absolute Gasteiger partial charge is 0.145 e. The maximum absolute atomic E-state index is 12.2. The zero-order valence-electron chi connectivity index (χ0n) is 9.79. The Hall–Kier alpha value is -0.670. The minimum Gasteiger partial charge on any atom is -0.329 e. The Balaban J connectivity index is 2.01. The molecule has 0 aromatic carbocycles. The van der Waals surface area contributed by atoms with Gasteiger partial charge in [0.05, 0.1) is 0 Å². The molecular formula is C13H19NOS. The quantitative estimate of drug-likeness (QED) is 0.855. The molecule has 2 rings (SSSR count). The summed E-state index contributed by atoms with van der Waals surface area (Å²) in [6.45, 7) is 2.67.